The highest BCUT2D eigenvalue weighted by atomic mass is 32.1. The fraction of sp³-hybridized carbons (Fsp3) is 0.214. The molecule has 0 amide bonds. The van der Waals surface area contributed by atoms with Crippen LogP contribution in [0, 0.1) is 0 Å². The summed E-state index contributed by atoms with van der Waals surface area (Å²) in [5, 5.41) is 8.23. The molecule has 2 N–H and O–H groups in total. The van der Waals surface area contributed by atoms with Crippen LogP contribution >= 0.6 is 11.3 Å². The average molecular weight is 557 g/mol. The molecule has 1 fully saturated rings. The molecule has 0 saturated carbocycles. The molecule has 200 valence electrons. The fourth-order valence-corrected chi connectivity index (χ4v) is 5.98. The number of H-pyrrole nitrogens is 2. The Kier molecular flexibility index (Phi) is 5.75. The monoisotopic (exact) mass is 556 g/mol. The molecule has 1 saturated heterocycles. The van der Waals surface area contributed by atoms with Crippen molar-refractivity contribution in [2.45, 2.75) is 25.8 Å². The van der Waals surface area contributed by atoms with Crippen molar-refractivity contribution in [2.24, 2.45) is 0 Å². The number of nitrogens with one attached hydrogen (secondary N) is 2. The number of rotatable bonds is 6. The molecule has 6 aromatic rings. The molecule has 40 heavy (non-hydrogen) atoms. The fourth-order valence-electron chi connectivity index (χ4n) is 5.07. The molecule has 7 heterocycles. The van der Waals surface area contributed by atoms with Gasteiger partial charge < -0.3 is 4.98 Å². The van der Waals surface area contributed by atoms with Gasteiger partial charge in [-0.1, -0.05) is 0 Å². The first-order chi connectivity index (χ1) is 19.3. The van der Waals surface area contributed by atoms with E-state index in [1.807, 2.05) is 24.3 Å². The highest BCUT2D eigenvalue weighted by molar-refractivity contribution is 7.17. The second-order valence-electron chi connectivity index (χ2n) is 9.98. The minimum absolute atomic E-state index is 0.0173. The van der Waals surface area contributed by atoms with Gasteiger partial charge in [-0.3, -0.25) is 24.8 Å². The summed E-state index contributed by atoms with van der Waals surface area (Å²) < 4.78 is 27.3. The summed E-state index contributed by atoms with van der Waals surface area (Å²) in [7, 11) is 0. The van der Waals surface area contributed by atoms with Crippen LogP contribution in [0.25, 0.3) is 55.2 Å². The number of carbonyl (C=O) groups excluding carboxylic acids is 1. The number of fused-ring (bicyclic) bond motifs is 2. The minimum Gasteiger partial charge on any atom is -0.335 e. The first-order valence-electron chi connectivity index (χ1n) is 12.7. The van der Waals surface area contributed by atoms with E-state index in [0.29, 0.717) is 35.1 Å². The van der Waals surface area contributed by atoms with E-state index >= 15 is 0 Å². The maximum absolute atomic E-state index is 13.6. The quantitative estimate of drug-likeness (QED) is 0.252. The number of carbonyl (C=O) groups is 1. The first kappa shape index (κ1) is 24.6. The highest BCUT2D eigenvalue weighted by Gasteiger charge is 2.37. The van der Waals surface area contributed by atoms with E-state index in [-0.39, 0.29) is 18.7 Å². The molecule has 7 rings (SSSR count). The highest BCUT2D eigenvalue weighted by Crippen LogP contribution is 2.35. The van der Waals surface area contributed by atoms with Crippen molar-refractivity contribution < 1.29 is 13.6 Å². The molecular formula is C28H22F2N8OS. The Morgan fingerprint density at radius 1 is 1.10 bits per heavy atom. The summed E-state index contributed by atoms with van der Waals surface area (Å²) in [5.74, 6) is -2.06. The number of ketones is 1. The maximum atomic E-state index is 13.6. The lowest BCUT2D eigenvalue weighted by Gasteiger charge is -2.15. The minimum atomic E-state index is -2.63. The zero-order valence-corrected chi connectivity index (χ0v) is 22.1. The van der Waals surface area contributed by atoms with E-state index in [4.69, 9.17) is 4.98 Å². The summed E-state index contributed by atoms with van der Waals surface area (Å²) in [5.41, 5.74) is 6.03. The van der Waals surface area contributed by atoms with Gasteiger partial charge in [0, 0.05) is 65.9 Å². The number of pyridine rings is 3. The summed E-state index contributed by atoms with van der Waals surface area (Å²) >= 11 is 1.41. The third-order valence-electron chi connectivity index (χ3n) is 7.04. The van der Waals surface area contributed by atoms with Gasteiger partial charge in [-0.15, -0.1) is 11.3 Å². The molecule has 0 atom stereocenters. The summed E-state index contributed by atoms with van der Waals surface area (Å²) in [6.45, 7) is 2.09. The Hall–Kier alpha value is -4.42. The molecule has 0 aliphatic carbocycles. The van der Waals surface area contributed by atoms with Gasteiger partial charge in [-0.25, -0.2) is 18.7 Å². The molecule has 1 aliphatic heterocycles. The number of aromatic amines is 2. The van der Waals surface area contributed by atoms with Crippen molar-refractivity contribution in [3.63, 3.8) is 0 Å². The van der Waals surface area contributed by atoms with Crippen LogP contribution in [0.4, 0.5) is 8.78 Å². The zero-order chi connectivity index (χ0) is 27.4. The van der Waals surface area contributed by atoms with Crippen molar-refractivity contribution in [3.05, 3.63) is 65.7 Å². The molecule has 6 aromatic heterocycles. The number of hydrogen-bond acceptors (Lipinski definition) is 8. The van der Waals surface area contributed by atoms with Crippen LogP contribution in [0.2, 0.25) is 0 Å². The van der Waals surface area contributed by atoms with Gasteiger partial charge in [-0.2, -0.15) is 5.10 Å². The molecule has 12 heteroatoms. The molecule has 1 aliphatic rings. The Morgan fingerprint density at radius 3 is 2.75 bits per heavy atom. The van der Waals surface area contributed by atoms with E-state index in [9.17, 15) is 13.6 Å². The standard InChI is InChI=1S/C28H22F2N8OS/c1-15(39)22-2-3-23(40-22)20-11-32-12-21-24(20)35-27(34-21)25-19-7-18(10-33-26(19)37-36-25)17-6-16(8-31-9-17)13-38-5-4-28(29,30)14-38/h2-3,6-12H,4-5,13-14H2,1H3,(H,34,35)(H,33,36,37). The molecule has 0 radical (unpaired) electrons. The van der Waals surface area contributed by atoms with Gasteiger partial charge in [0.25, 0.3) is 5.92 Å². The lowest BCUT2D eigenvalue weighted by Crippen LogP contribution is -2.24. The third-order valence-corrected chi connectivity index (χ3v) is 8.26. The van der Waals surface area contributed by atoms with Gasteiger partial charge in [0.1, 0.15) is 11.2 Å². The van der Waals surface area contributed by atoms with Crippen LogP contribution in [-0.2, 0) is 6.54 Å². The van der Waals surface area contributed by atoms with E-state index in [0.717, 1.165) is 43.6 Å². The number of thiophene rings is 1. The molecular weight excluding hydrogens is 534 g/mol. The van der Waals surface area contributed by atoms with Crippen molar-refractivity contribution in [3.8, 4) is 33.1 Å². The van der Waals surface area contributed by atoms with Gasteiger partial charge in [0.05, 0.1) is 28.5 Å². The van der Waals surface area contributed by atoms with Crippen molar-refractivity contribution in [1.29, 1.82) is 0 Å². The van der Waals surface area contributed by atoms with Crippen LogP contribution in [-0.4, -0.2) is 64.8 Å². The van der Waals surface area contributed by atoms with Gasteiger partial charge in [0.15, 0.2) is 17.3 Å². The van der Waals surface area contributed by atoms with E-state index in [1.165, 1.54) is 11.3 Å². The lowest BCUT2D eigenvalue weighted by atomic mass is 10.1. The third kappa shape index (κ3) is 4.44. The molecule has 9 nitrogen and oxygen atoms in total. The second kappa shape index (κ2) is 9.35. The number of nitrogens with zero attached hydrogens (tertiary/aromatic N) is 6. The van der Waals surface area contributed by atoms with Crippen LogP contribution in [0.3, 0.4) is 0 Å². The average Bonchev–Trinajstić information content (AvgIpc) is 3.73. The number of halogens is 2. The summed E-state index contributed by atoms with van der Waals surface area (Å²) in [6.07, 6.45) is 8.52. The SMILES string of the molecule is CC(=O)c1ccc(-c2cncc3[nH]c(-c4n[nH]c5ncc(-c6cncc(CN7CCC(F)(F)C7)c6)cc45)nc23)s1. The molecule has 0 unspecified atom stereocenters. The largest absolute Gasteiger partial charge is 0.335 e. The Labute approximate surface area is 230 Å². The summed E-state index contributed by atoms with van der Waals surface area (Å²) in [6, 6.07) is 7.65. The van der Waals surface area contributed by atoms with Crippen LogP contribution < -0.4 is 0 Å². The van der Waals surface area contributed by atoms with Crippen LogP contribution in [0.15, 0.2) is 55.2 Å². The van der Waals surface area contributed by atoms with Gasteiger partial charge in [-0.05, 0) is 36.8 Å². The van der Waals surface area contributed by atoms with Crippen molar-refractivity contribution in [1.82, 2.24) is 40.0 Å². The smallest absolute Gasteiger partial charge is 0.261 e. The van der Waals surface area contributed by atoms with Crippen LogP contribution in [0.1, 0.15) is 28.6 Å². The number of hydrogen-bond donors (Lipinski definition) is 2. The Balaban J connectivity index is 1.24. The van der Waals surface area contributed by atoms with E-state index in [2.05, 4.69) is 30.1 Å². The van der Waals surface area contributed by atoms with Crippen molar-refractivity contribution >= 4 is 39.2 Å². The van der Waals surface area contributed by atoms with Crippen molar-refractivity contribution in [2.75, 3.05) is 13.1 Å². The topological polar surface area (TPSA) is 116 Å². The molecule has 0 bridgehead atoms. The van der Waals surface area contributed by atoms with E-state index < -0.39 is 5.92 Å². The molecule has 0 spiro atoms. The number of imidazole rings is 1. The predicted octanol–water partition coefficient (Wildman–Crippen LogP) is 5.73. The Morgan fingerprint density at radius 2 is 1.95 bits per heavy atom. The van der Waals surface area contributed by atoms with Gasteiger partial charge >= 0.3 is 0 Å². The van der Waals surface area contributed by atoms with E-state index in [1.54, 1.807) is 42.8 Å². The number of Topliss-reactive ketones (excluding diaryl/α,β-unsaturated/α-hetero) is 1. The lowest BCUT2D eigenvalue weighted by molar-refractivity contribution is 0.0115. The van der Waals surface area contributed by atoms with Gasteiger partial charge in [0.2, 0.25) is 0 Å². The summed E-state index contributed by atoms with van der Waals surface area (Å²) in [4.78, 5) is 36.6. The van der Waals surface area contributed by atoms with Crippen LogP contribution in [0.5, 0.6) is 0 Å². The maximum Gasteiger partial charge on any atom is 0.261 e. The Bertz CT molecular complexity index is 1910. The zero-order valence-electron chi connectivity index (χ0n) is 21.3. The second-order valence-corrected chi connectivity index (χ2v) is 11.1. The number of aromatic nitrogens is 7. The predicted molar refractivity (Wildman–Crippen MR) is 148 cm³/mol. The normalized spacial score (nSPS) is 15.4. The first-order valence-corrected chi connectivity index (χ1v) is 13.5. The number of alkyl halides is 2. The molecule has 0 aromatic carbocycles. The number of likely N-dealkylation sites (tertiary alicyclic amines) is 1.